The monoisotopic (exact) mass is 515 g/mol. The molecule has 1 aromatic rings. The van der Waals surface area contributed by atoms with Crippen LogP contribution < -0.4 is 10.0 Å². The van der Waals surface area contributed by atoms with Crippen LogP contribution in [0.4, 0.5) is 0 Å². The summed E-state index contributed by atoms with van der Waals surface area (Å²) < 4.78 is 28.2. The maximum absolute atomic E-state index is 13.2. The Bertz CT molecular complexity index is 959. The number of carboxylic acid groups (broad SMARTS) is 1. The molecule has 0 bridgehead atoms. The van der Waals surface area contributed by atoms with E-state index in [1.165, 1.54) is 35.7 Å². The summed E-state index contributed by atoms with van der Waals surface area (Å²) in [7, 11) is -3.89. The molecule has 2 rings (SSSR count). The Morgan fingerprint density at radius 1 is 1.18 bits per heavy atom. The van der Waals surface area contributed by atoms with E-state index in [2.05, 4.69) is 10.0 Å². The third kappa shape index (κ3) is 7.69. The first kappa shape index (κ1) is 28.1. The van der Waals surface area contributed by atoms with Gasteiger partial charge in [0.2, 0.25) is 21.8 Å². The van der Waals surface area contributed by atoms with Crippen LogP contribution in [0.1, 0.15) is 31.7 Å². The zero-order chi connectivity index (χ0) is 25.5. The third-order valence-electron chi connectivity index (χ3n) is 5.76. The Labute approximate surface area is 204 Å². The summed E-state index contributed by atoms with van der Waals surface area (Å²) >= 11 is 1.51. The second kappa shape index (κ2) is 12.5. The lowest BCUT2D eigenvalue weighted by Crippen LogP contribution is -2.53. The van der Waals surface area contributed by atoms with Crippen molar-refractivity contribution >= 4 is 39.6 Å². The topological polar surface area (TPSA) is 153 Å². The van der Waals surface area contributed by atoms with E-state index in [1.54, 1.807) is 12.1 Å². The molecule has 12 heteroatoms. The Hall–Kier alpha value is -2.15. The molecule has 1 aliphatic rings. The van der Waals surface area contributed by atoms with Crippen molar-refractivity contribution in [2.75, 3.05) is 25.1 Å². The maximum Gasteiger partial charge on any atom is 0.328 e. The number of carboxylic acids is 1. The lowest BCUT2D eigenvalue weighted by atomic mass is 9.94. The lowest BCUT2D eigenvalue weighted by Gasteiger charge is -2.34. The lowest BCUT2D eigenvalue weighted by molar-refractivity contribution is -0.146. The number of carbonyl (C=O) groups is 3. The predicted octanol–water partition coefficient (Wildman–Crippen LogP) is 0.584. The number of aliphatic hydroxyl groups is 1. The number of carbonyl (C=O) groups excluding carboxylic acids is 2. The number of benzene rings is 1. The van der Waals surface area contributed by atoms with E-state index in [0.29, 0.717) is 25.0 Å². The maximum atomic E-state index is 13.2. The molecule has 190 valence electrons. The second-order valence-corrected chi connectivity index (χ2v) is 11.1. The van der Waals surface area contributed by atoms with Gasteiger partial charge in [0.05, 0.1) is 11.0 Å². The van der Waals surface area contributed by atoms with Gasteiger partial charge in [-0.15, -0.1) is 0 Å². The minimum Gasteiger partial charge on any atom is -0.480 e. The van der Waals surface area contributed by atoms with Crippen LogP contribution in [0.25, 0.3) is 0 Å². The van der Waals surface area contributed by atoms with Crippen LogP contribution >= 0.6 is 11.8 Å². The van der Waals surface area contributed by atoms with E-state index in [1.807, 2.05) is 13.2 Å². The number of nitrogens with zero attached hydrogens (tertiary/aromatic N) is 1. The Morgan fingerprint density at radius 3 is 2.26 bits per heavy atom. The molecule has 0 aliphatic carbocycles. The van der Waals surface area contributed by atoms with Gasteiger partial charge in [-0.25, -0.2) is 13.2 Å². The summed E-state index contributed by atoms with van der Waals surface area (Å²) in [6, 6.07) is 4.03. The number of aryl methyl sites for hydroxylation is 1. The number of rotatable bonds is 11. The first-order valence-electron chi connectivity index (χ1n) is 11.0. The van der Waals surface area contributed by atoms with Gasteiger partial charge in [-0.3, -0.25) is 9.59 Å². The van der Waals surface area contributed by atoms with Crippen LogP contribution in [0.15, 0.2) is 29.2 Å². The molecule has 3 atom stereocenters. The van der Waals surface area contributed by atoms with E-state index >= 15 is 0 Å². The molecule has 1 saturated heterocycles. The van der Waals surface area contributed by atoms with Crippen LogP contribution in [0.3, 0.4) is 0 Å². The van der Waals surface area contributed by atoms with Crippen LogP contribution in [-0.2, 0) is 24.4 Å². The molecule has 0 aromatic heterocycles. The molecule has 1 aromatic carbocycles. The summed E-state index contributed by atoms with van der Waals surface area (Å²) in [4.78, 5) is 38.5. The third-order valence-corrected chi connectivity index (χ3v) is 7.89. The summed E-state index contributed by atoms with van der Waals surface area (Å²) in [5.74, 6) is -2.08. The molecule has 1 aliphatic heterocycles. The Morgan fingerprint density at radius 2 is 1.76 bits per heavy atom. The summed E-state index contributed by atoms with van der Waals surface area (Å²) in [5.41, 5.74) is 0.920. The van der Waals surface area contributed by atoms with Crippen LogP contribution in [-0.4, -0.2) is 84.6 Å². The molecule has 4 N–H and O–H groups in total. The van der Waals surface area contributed by atoms with Crippen molar-refractivity contribution in [1.29, 1.82) is 0 Å². The van der Waals surface area contributed by atoms with Gasteiger partial charge in [-0.1, -0.05) is 17.7 Å². The van der Waals surface area contributed by atoms with Gasteiger partial charge < -0.3 is 20.4 Å². The van der Waals surface area contributed by atoms with Crippen molar-refractivity contribution in [1.82, 2.24) is 14.9 Å². The molecule has 10 nitrogen and oxygen atoms in total. The van der Waals surface area contributed by atoms with E-state index in [9.17, 15) is 27.9 Å². The normalized spacial score (nSPS) is 17.6. The fourth-order valence-electron chi connectivity index (χ4n) is 3.68. The zero-order valence-corrected chi connectivity index (χ0v) is 21.2. The highest BCUT2D eigenvalue weighted by Crippen LogP contribution is 2.20. The molecule has 34 heavy (non-hydrogen) atoms. The van der Waals surface area contributed by atoms with Gasteiger partial charge in [0.1, 0.15) is 6.04 Å². The van der Waals surface area contributed by atoms with Crippen molar-refractivity contribution in [3.63, 3.8) is 0 Å². The highest BCUT2D eigenvalue weighted by atomic mass is 32.2. The van der Waals surface area contributed by atoms with E-state index < -0.39 is 46.0 Å². The van der Waals surface area contributed by atoms with Crippen molar-refractivity contribution in [2.24, 2.45) is 5.92 Å². The summed E-state index contributed by atoms with van der Waals surface area (Å²) in [5, 5.41) is 21.0. The largest absolute Gasteiger partial charge is 0.480 e. The number of nitrogens with one attached hydrogen (secondary N) is 2. The van der Waals surface area contributed by atoms with Gasteiger partial charge in [0.25, 0.3) is 0 Å². The van der Waals surface area contributed by atoms with E-state index in [4.69, 9.17) is 5.11 Å². The molecular formula is C22H33N3O7S2. The zero-order valence-electron chi connectivity index (χ0n) is 19.6. The van der Waals surface area contributed by atoms with Crippen molar-refractivity contribution in [2.45, 2.75) is 56.2 Å². The van der Waals surface area contributed by atoms with E-state index in [0.717, 1.165) is 5.56 Å². The number of amides is 2. The number of sulfonamides is 1. The SMILES string of the molecule is CSCC[C@H](NS(=O)(=O)c1ccc(C)cc1)C(=O)N1CCC(C(=O)N[C@H](C(=O)O)C(C)O)CC1. The molecular weight excluding hydrogens is 482 g/mol. The smallest absolute Gasteiger partial charge is 0.328 e. The number of aliphatic carboxylic acids is 1. The van der Waals surface area contributed by atoms with Gasteiger partial charge in [-0.2, -0.15) is 16.5 Å². The number of thioether (sulfide) groups is 1. The number of piperidine rings is 1. The molecule has 0 saturated carbocycles. The average Bonchev–Trinajstić information content (AvgIpc) is 2.79. The van der Waals surface area contributed by atoms with Crippen LogP contribution in [0.2, 0.25) is 0 Å². The highest BCUT2D eigenvalue weighted by Gasteiger charge is 2.34. The van der Waals surface area contributed by atoms with Gasteiger partial charge >= 0.3 is 5.97 Å². The van der Waals surface area contributed by atoms with Crippen molar-refractivity contribution in [3.8, 4) is 0 Å². The number of aliphatic hydroxyl groups excluding tert-OH is 1. The average molecular weight is 516 g/mol. The van der Waals surface area contributed by atoms with Gasteiger partial charge in [0, 0.05) is 19.0 Å². The molecule has 0 radical (unpaired) electrons. The Kier molecular flexibility index (Phi) is 10.3. The highest BCUT2D eigenvalue weighted by molar-refractivity contribution is 7.98. The summed E-state index contributed by atoms with van der Waals surface area (Å²) in [6.07, 6.45) is 1.56. The molecule has 1 heterocycles. The van der Waals surface area contributed by atoms with Gasteiger partial charge in [-0.05, 0) is 57.3 Å². The number of hydrogen-bond acceptors (Lipinski definition) is 7. The van der Waals surface area contributed by atoms with Crippen LogP contribution in [0.5, 0.6) is 0 Å². The molecule has 2 amide bonds. The fourth-order valence-corrected chi connectivity index (χ4v) is 5.38. The van der Waals surface area contributed by atoms with Crippen molar-refractivity contribution in [3.05, 3.63) is 29.8 Å². The van der Waals surface area contributed by atoms with Crippen LogP contribution in [0, 0.1) is 12.8 Å². The minimum absolute atomic E-state index is 0.0847. The Balaban J connectivity index is 2.03. The second-order valence-electron chi connectivity index (χ2n) is 8.43. The standard InChI is InChI=1S/C22H33N3O7S2/c1-14-4-6-17(7-5-14)34(31,32)24-18(10-13-33-3)21(28)25-11-8-16(9-12-25)20(27)23-19(15(2)26)22(29)30/h4-7,15-16,18-19,24,26H,8-13H2,1-3H3,(H,23,27)(H,29,30)/t15?,18-,19-/m0/s1. The fraction of sp³-hybridized carbons (Fsp3) is 0.591. The predicted molar refractivity (Wildman–Crippen MR) is 129 cm³/mol. The number of likely N-dealkylation sites (tertiary alicyclic amines) is 1. The van der Waals surface area contributed by atoms with E-state index in [-0.39, 0.29) is 23.9 Å². The molecule has 0 spiro atoms. The van der Waals surface area contributed by atoms with Gasteiger partial charge in [0.15, 0.2) is 6.04 Å². The number of hydrogen-bond donors (Lipinski definition) is 4. The molecule has 1 unspecified atom stereocenters. The minimum atomic E-state index is -3.89. The molecule has 1 fully saturated rings. The quantitative estimate of drug-likeness (QED) is 0.334. The first-order valence-corrected chi connectivity index (χ1v) is 13.9. The van der Waals surface area contributed by atoms with Crippen molar-refractivity contribution < 1.29 is 33.0 Å². The summed E-state index contributed by atoms with van der Waals surface area (Å²) in [6.45, 7) is 3.62. The first-order chi connectivity index (χ1) is 16.0.